The minimum Gasteiger partial charge on any atom is -0.481 e. The number of hydrogen-bond donors (Lipinski definition) is 2. The van der Waals surface area contributed by atoms with Crippen LogP contribution >= 0.6 is 11.3 Å². The third kappa shape index (κ3) is 5.40. The van der Waals surface area contributed by atoms with Gasteiger partial charge in [0, 0.05) is 40.1 Å². The normalized spacial score (nSPS) is 13.3. The molecule has 0 spiro atoms. The van der Waals surface area contributed by atoms with E-state index in [0.717, 1.165) is 52.9 Å². The molecule has 0 fully saturated rings. The van der Waals surface area contributed by atoms with Crippen molar-refractivity contribution in [2.24, 2.45) is 4.36 Å². The van der Waals surface area contributed by atoms with Crippen LogP contribution in [0.3, 0.4) is 0 Å². The molecule has 0 saturated heterocycles. The third-order valence-electron chi connectivity index (χ3n) is 5.15. The monoisotopic (exact) mass is 520 g/mol. The number of fused-ring (bicyclic) bond motifs is 1. The number of carbonyl (C=O) groups is 1. The smallest absolute Gasteiger partial charge is 0.333 e. The zero-order valence-electron chi connectivity index (χ0n) is 18.8. The molecular weight excluding hydrogens is 496 g/mol. The molecule has 4 rings (SSSR count). The van der Waals surface area contributed by atoms with Crippen LogP contribution in [0.25, 0.3) is 11.1 Å². The number of thiophene rings is 1. The van der Waals surface area contributed by atoms with Crippen molar-refractivity contribution in [3.8, 4) is 17.0 Å². The van der Waals surface area contributed by atoms with Gasteiger partial charge in [-0.2, -0.15) is 4.36 Å². The van der Waals surface area contributed by atoms with Crippen LogP contribution in [-0.2, 0) is 32.6 Å². The summed E-state index contributed by atoms with van der Waals surface area (Å²) in [4.78, 5) is 17.0. The third-order valence-corrected chi connectivity index (χ3v) is 8.70. The first-order valence-electron chi connectivity index (χ1n) is 10.3. The first-order valence-corrected chi connectivity index (χ1v) is 14.9. The summed E-state index contributed by atoms with van der Waals surface area (Å²) in [6.07, 6.45) is 7.15. The molecule has 1 aliphatic rings. The maximum absolute atomic E-state index is 12.8. The van der Waals surface area contributed by atoms with E-state index in [-0.39, 0.29) is 4.21 Å². The molecule has 2 aromatic heterocycles. The Labute approximate surface area is 202 Å². The Balaban J connectivity index is 1.63. The molecule has 9 nitrogen and oxygen atoms in total. The number of sulfonamides is 1. The molecule has 0 unspecified atom stereocenters. The van der Waals surface area contributed by atoms with Gasteiger partial charge >= 0.3 is 6.03 Å². The minimum absolute atomic E-state index is 0.0950. The number of nitrogens with one attached hydrogen (secondary N) is 2. The van der Waals surface area contributed by atoms with Gasteiger partial charge in [-0.25, -0.2) is 27.1 Å². The predicted molar refractivity (Wildman–Crippen MR) is 134 cm³/mol. The zero-order valence-corrected chi connectivity index (χ0v) is 21.3. The van der Waals surface area contributed by atoms with E-state index in [0.29, 0.717) is 16.6 Å². The second-order valence-electron chi connectivity index (χ2n) is 7.99. The van der Waals surface area contributed by atoms with E-state index < -0.39 is 25.8 Å². The molecule has 1 aromatic carbocycles. The lowest BCUT2D eigenvalue weighted by atomic mass is 9.98. The summed E-state index contributed by atoms with van der Waals surface area (Å²) in [5.41, 5.74) is 4.20. The van der Waals surface area contributed by atoms with Gasteiger partial charge < -0.3 is 10.1 Å². The number of benzene rings is 1. The number of rotatable bonds is 6. The molecule has 0 aliphatic heterocycles. The van der Waals surface area contributed by atoms with Crippen LogP contribution < -0.4 is 14.8 Å². The fourth-order valence-corrected chi connectivity index (χ4v) is 6.89. The highest BCUT2D eigenvalue weighted by atomic mass is 32.2. The Kier molecular flexibility index (Phi) is 6.65. The van der Waals surface area contributed by atoms with Gasteiger partial charge in [0.25, 0.3) is 10.0 Å². The number of pyridine rings is 1. The van der Waals surface area contributed by atoms with E-state index >= 15 is 0 Å². The second kappa shape index (κ2) is 9.35. The maximum Gasteiger partial charge on any atom is 0.333 e. The van der Waals surface area contributed by atoms with Crippen LogP contribution in [0.1, 0.15) is 17.5 Å². The molecule has 3 aromatic rings. The van der Waals surface area contributed by atoms with Crippen LogP contribution in [0.4, 0.5) is 15.5 Å². The van der Waals surface area contributed by atoms with Gasteiger partial charge in [0.2, 0.25) is 5.88 Å². The lowest BCUT2D eigenvalue weighted by Gasteiger charge is -2.17. The maximum atomic E-state index is 12.8. The fourth-order valence-electron chi connectivity index (χ4n) is 3.77. The van der Waals surface area contributed by atoms with Crippen LogP contribution in [0.15, 0.2) is 51.2 Å². The molecule has 2 heterocycles. The molecule has 2 N–H and O–H groups in total. The van der Waals surface area contributed by atoms with Gasteiger partial charge in [-0.1, -0.05) is 12.1 Å². The van der Waals surface area contributed by atoms with Crippen molar-refractivity contribution in [1.29, 1.82) is 0 Å². The number of urea groups is 1. The van der Waals surface area contributed by atoms with E-state index in [2.05, 4.69) is 19.4 Å². The highest BCUT2D eigenvalue weighted by Crippen LogP contribution is 2.38. The minimum atomic E-state index is -4.14. The van der Waals surface area contributed by atoms with Gasteiger partial charge in [0.1, 0.15) is 9.21 Å². The summed E-state index contributed by atoms with van der Waals surface area (Å²) < 4.78 is 48.7. The van der Waals surface area contributed by atoms with Crippen molar-refractivity contribution in [3.05, 3.63) is 53.7 Å². The van der Waals surface area contributed by atoms with E-state index in [1.807, 2.05) is 12.1 Å². The van der Waals surface area contributed by atoms with E-state index in [4.69, 9.17) is 4.74 Å². The summed E-state index contributed by atoms with van der Waals surface area (Å²) in [6, 6.07) is 9.41. The summed E-state index contributed by atoms with van der Waals surface area (Å²) >= 11 is 0.842. The Morgan fingerprint density at radius 1 is 1.12 bits per heavy atom. The van der Waals surface area contributed by atoms with Gasteiger partial charge in [-0.15, -0.1) is 11.3 Å². The number of methoxy groups -OCH3 is 1. The summed E-state index contributed by atoms with van der Waals surface area (Å²) in [6.45, 7) is 0. The topological polar surface area (TPSA) is 127 Å². The molecule has 2 amide bonds. The van der Waals surface area contributed by atoms with E-state index in [1.54, 1.807) is 18.3 Å². The van der Waals surface area contributed by atoms with E-state index in [9.17, 15) is 17.4 Å². The molecule has 0 bridgehead atoms. The number of aryl methyl sites for hydroxylation is 1. The average Bonchev–Trinajstić information content (AvgIpc) is 3.42. The van der Waals surface area contributed by atoms with Crippen molar-refractivity contribution >= 4 is 47.8 Å². The number of ether oxygens (including phenoxy) is 1. The average molecular weight is 521 g/mol. The Morgan fingerprint density at radius 2 is 1.91 bits per heavy atom. The molecule has 34 heavy (non-hydrogen) atoms. The zero-order chi connectivity index (χ0) is 24.5. The van der Waals surface area contributed by atoms with Crippen molar-refractivity contribution in [2.75, 3.05) is 24.9 Å². The largest absolute Gasteiger partial charge is 0.481 e. The molecule has 12 heteroatoms. The Bertz CT molecular complexity index is 1480. The number of carbonyl (C=O) groups excluding carboxylic acids is 1. The van der Waals surface area contributed by atoms with Crippen molar-refractivity contribution in [3.63, 3.8) is 0 Å². The highest BCUT2D eigenvalue weighted by molar-refractivity contribution is 7.93. The highest BCUT2D eigenvalue weighted by Gasteiger charge is 2.24. The quantitative estimate of drug-likeness (QED) is 0.502. The fraction of sp³-hybridized carbons (Fsp3) is 0.273. The number of aromatic nitrogens is 1. The molecular formula is C22H24N4O5S3. The van der Waals surface area contributed by atoms with Crippen LogP contribution in [-0.4, -0.2) is 43.3 Å². The van der Waals surface area contributed by atoms with Gasteiger partial charge in [0.15, 0.2) is 0 Å². The van der Waals surface area contributed by atoms with Crippen molar-refractivity contribution in [2.45, 2.75) is 23.5 Å². The number of hydrogen-bond acceptors (Lipinski definition) is 8. The van der Waals surface area contributed by atoms with Gasteiger partial charge in [-0.05, 0) is 54.2 Å². The molecule has 0 radical (unpaired) electrons. The second-order valence-corrected chi connectivity index (χ2v) is 13.5. The molecule has 1 aliphatic carbocycles. The Hall–Kier alpha value is -2.96. The van der Waals surface area contributed by atoms with Crippen LogP contribution in [0, 0.1) is 0 Å². The predicted octanol–water partition coefficient (Wildman–Crippen LogP) is 4.18. The number of anilines is 1. The van der Waals surface area contributed by atoms with E-state index in [1.165, 1.54) is 31.8 Å². The lowest BCUT2D eigenvalue weighted by molar-refractivity contribution is 0.256. The van der Waals surface area contributed by atoms with Crippen LogP contribution in [0.2, 0.25) is 0 Å². The standard InChI is InChI=1S/C22H24N4O5S3/c1-31-18-13-15(11-12-23-18)17-8-7-14-5-4-6-16(14)21(17)24-22(27)26-34(29,30)20-10-9-19(32-20)25-33(2,3)28/h7-13H,4-6H2,1-3H3,(H2,24,26,27). The van der Waals surface area contributed by atoms with Crippen molar-refractivity contribution in [1.82, 2.24) is 9.71 Å². The lowest BCUT2D eigenvalue weighted by Crippen LogP contribution is -2.34. The van der Waals surface area contributed by atoms with Crippen LogP contribution in [0.5, 0.6) is 5.88 Å². The SMILES string of the molecule is COc1cc(-c2ccc3c(c2NC(=O)NS(=O)(=O)c2ccc(N=S(C)(C)=O)s2)CCC3)ccn1. The van der Waals surface area contributed by atoms with Crippen molar-refractivity contribution < 1.29 is 22.2 Å². The Morgan fingerprint density at radius 3 is 2.65 bits per heavy atom. The number of nitrogens with zero attached hydrogens (tertiary/aromatic N) is 2. The molecule has 180 valence electrons. The first-order chi connectivity index (χ1) is 16.1. The summed E-state index contributed by atoms with van der Waals surface area (Å²) in [5.74, 6) is 0.429. The van der Waals surface area contributed by atoms with Gasteiger partial charge in [-0.3, -0.25) is 0 Å². The summed E-state index contributed by atoms with van der Waals surface area (Å²) in [5, 5.41) is 3.07. The summed E-state index contributed by atoms with van der Waals surface area (Å²) in [7, 11) is -5.06. The molecule has 0 atom stereocenters. The van der Waals surface area contributed by atoms with Gasteiger partial charge in [0.05, 0.1) is 12.8 Å². The first kappa shape index (κ1) is 24.2. The molecule has 0 saturated carbocycles. The number of amides is 2.